The SMILES string of the molecule is CCCCCCC/C=C\C/C=C\C/C=C\CCCCCCCCCCCCCCCCCCCCCCCCCCCCC(=O)NC(CO)C(O)CCCCCCCCCCCCCCCCC. The third-order valence-electron chi connectivity index (χ3n) is 14.7. The molecule has 0 bridgehead atoms. The van der Waals surface area contributed by atoms with Gasteiger partial charge < -0.3 is 15.5 Å². The van der Waals surface area contributed by atoms with E-state index in [4.69, 9.17) is 0 Å². The van der Waals surface area contributed by atoms with Crippen molar-refractivity contribution in [3.8, 4) is 0 Å². The maximum atomic E-state index is 12.5. The van der Waals surface area contributed by atoms with Gasteiger partial charge in [0.15, 0.2) is 0 Å². The van der Waals surface area contributed by atoms with Gasteiger partial charge in [-0.3, -0.25) is 4.79 Å². The molecule has 3 N–H and O–H groups in total. The van der Waals surface area contributed by atoms with Gasteiger partial charge in [0.2, 0.25) is 5.91 Å². The summed E-state index contributed by atoms with van der Waals surface area (Å²) in [5.41, 5.74) is 0. The Morgan fingerprint density at radius 2 is 0.603 bits per heavy atom. The number of hydrogen-bond acceptors (Lipinski definition) is 3. The molecule has 0 heterocycles. The van der Waals surface area contributed by atoms with E-state index in [-0.39, 0.29) is 12.5 Å². The highest BCUT2D eigenvalue weighted by Crippen LogP contribution is 2.18. The fourth-order valence-electron chi connectivity index (χ4n) is 9.90. The van der Waals surface area contributed by atoms with Crippen molar-refractivity contribution in [2.75, 3.05) is 6.61 Å². The van der Waals surface area contributed by atoms with Gasteiger partial charge in [-0.25, -0.2) is 0 Å². The van der Waals surface area contributed by atoms with Crippen molar-refractivity contribution < 1.29 is 15.0 Å². The smallest absolute Gasteiger partial charge is 0.220 e. The van der Waals surface area contributed by atoms with Crippen LogP contribution in [0.5, 0.6) is 0 Å². The highest BCUT2D eigenvalue weighted by molar-refractivity contribution is 5.76. The largest absolute Gasteiger partial charge is 0.394 e. The zero-order chi connectivity index (χ0) is 49.2. The van der Waals surface area contributed by atoms with E-state index in [0.717, 1.165) is 38.5 Å². The van der Waals surface area contributed by atoms with Crippen LogP contribution in [0.15, 0.2) is 36.5 Å². The minimum absolute atomic E-state index is 0.0246. The Bertz CT molecular complexity index is 1040. The molecular weight excluding hydrogens is 831 g/mol. The van der Waals surface area contributed by atoms with Gasteiger partial charge >= 0.3 is 0 Å². The second kappa shape index (κ2) is 59.9. The maximum absolute atomic E-state index is 12.5. The highest BCUT2D eigenvalue weighted by atomic mass is 16.3. The molecule has 0 aliphatic carbocycles. The molecule has 2 unspecified atom stereocenters. The van der Waals surface area contributed by atoms with Crippen molar-refractivity contribution in [3.05, 3.63) is 36.5 Å². The summed E-state index contributed by atoms with van der Waals surface area (Å²) in [6, 6.07) is -0.533. The van der Waals surface area contributed by atoms with E-state index in [0.29, 0.717) is 12.8 Å². The lowest BCUT2D eigenvalue weighted by Crippen LogP contribution is -2.45. The summed E-state index contributed by atoms with van der Waals surface area (Å²) in [4.78, 5) is 12.5. The summed E-state index contributed by atoms with van der Waals surface area (Å²) in [5, 5.41) is 23.3. The van der Waals surface area contributed by atoms with Gasteiger partial charge in [-0.15, -0.1) is 0 Å². The zero-order valence-electron chi connectivity index (χ0n) is 46.4. The summed E-state index contributed by atoms with van der Waals surface area (Å²) in [5.74, 6) is -0.0246. The molecule has 0 saturated heterocycles. The first kappa shape index (κ1) is 66.6. The van der Waals surface area contributed by atoms with E-state index in [2.05, 4.69) is 55.6 Å². The number of unbranched alkanes of at least 4 members (excludes halogenated alkanes) is 45. The molecule has 2 atom stereocenters. The first-order chi connectivity index (χ1) is 33.7. The lowest BCUT2D eigenvalue weighted by molar-refractivity contribution is -0.123. The summed E-state index contributed by atoms with van der Waals surface area (Å²) in [7, 11) is 0. The van der Waals surface area contributed by atoms with E-state index >= 15 is 0 Å². The molecular formula is C64H123NO3. The predicted octanol–water partition coefficient (Wildman–Crippen LogP) is 20.8. The van der Waals surface area contributed by atoms with Crippen LogP contribution in [0.1, 0.15) is 348 Å². The lowest BCUT2D eigenvalue weighted by Gasteiger charge is -2.22. The van der Waals surface area contributed by atoms with Gasteiger partial charge in [0, 0.05) is 6.42 Å². The molecule has 0 aliphatic heterocycles. The van der Waals surface area contributed by atoms with Crippen LogP contribution in [-0.2, 0) is 4.79 Å². The minimum atomic E-state index is -0.657. The molecule has 0 aromatic rings. The van der Waals surface area contributed by atoms with Crippen LogP contribution in [0.4, 0.5) is 0 Å². The summed E-state index contributed by atoms with van der Waals surface area (Å²) >= 11 is 0. The normalized spacial score (nSPS) is 12.9. The third-order valence-corrected chi connectivity index (χ3v) is 14.7. The van der Waals surface area contributed by atoms with Gasteiger partial charge in [-0.1, -0.05) is 326 Å². The van der Waals surface area contributed by atoms with E-state index in [1.165, 1.54) is 283 Å². The van der Waals surface area contributed by atoms with E-state index in [9.17, 15) is 15.0 Å². The molecule has 4 heteroatoms. The number of hydrogen-bond donors (Lipinski definition) is 3. The Morgan fingerprint density at radius 3 is 0.897 bits per heavy atom. The Kier molecular flexibility index (Phi) is 58.7. The maximum Gasteiger partial charge on any atom is 0.220 e. The second-order valence-corrected chi connectivity index (χ2v) is 21.5. The van der Waals surface area contributed by atoms with Crippen LogP contribution in [0.2, 0.25) is 0 Å². The van der Waals surface area contributed by atoms with Crippen LogP contribution in [0.3, 0.4) is 0 Å². The van der Waals surface area contributed by atoms with Gasteiger partial charge in [-0.2, -0.15) is 0 Å². The monoisotopic (exact) mass is 954 g/mol. The number of carbonyl (C=O) groups excluding carboxylic acids is 1. The Hall–Kier alpha value is -1.39. The fourth-order valence-corrected chi connectivity index (χ4v) is 9.90. The fraction of sp³-hybridized carbons (Fsp3) is 0.891. The Morgan fingerprint density at radius 1 is 0.353 bits per heavy atom. The Labute approximate surface area is 427 Å². The molecule has 0 radical (unpaired) electrons. The molecule has 1 amide bonds. The van der Waals surface area contributed by atoms with Gasteiger partial charge in [0.1, 0.15) is 0 Å². The van der Waals surface area contributed by atoms with Gasteiger partial charge in [0.05, 0.1) is 18.8 Å². The summed E-state index contributed by atoms with van der Waals surface area (Å²) in [6.07, 6.45) is 81.7. The predicted molar refractivity (Wildman–Crippen MR) is 304 cm³/mol. The average molecular weight is 955 g/mol. The van der Waals surface area contributed by atoms with Crippen LogP contribution in [0, 0.1) is 0 Å². The molecule has 0 fully saturated rings. The van der Waals surface area contributed by atoms with Crippen molar-refractivity contribution in [1.29, 1.82) is 0 Å². The number of rotatable bonds is 58. The average Bonchev–Trinajstić information content (AvgIpc) is 3.34. The summed E-state index contributed by atoms with van der Waals surface area (Å²) < 4.78 is 0. The highest BCUT2D eigenvalue weighted by Gasteiger charge is 2.20. The number of aliphatic hydroxyl groups excluding tert-OH is 2. The van der Waals surface area contributed by atoms with Crippen molar-refractivity contribution in [2.45, 2.75) is 360 Å². The van der Waals surface area contributed by atoms with E-state index in [1.807, 2.05) is 0 Å². The summed E-state index contributed by atoms with van der Waals surface area (Å²) in [6.45, 7) is 4.37. The molecule has 68 heavy (non-hydrogen) atoms. The van der Waals surface area contributed by atoms with Crippen LogP contribution in [0.25, 0.3) is 0 Å². The second-order valence-electron chi connectivity index (χ2n) is 21.5. The molecule has 0 aliphatic rings. The van der Waals surface area contributed by atoms with Crippen LogP contribution < -0.4 is 5.32 Å². The molecule has 402 valence electrons. The molecule has 0 spiro atoms. The van der Waals surface area contributed by atoms with Crippen molar-refractivity contribution in [1.82, 2.24) is 5.32 Å². The van der Waals surface area contributed by atoms with Crippen LogP contribution >= 0.6 is 0 Å². The number of aliphatic hydroxyl groups is 2. The first-order valence-corrected chi connectivity index (χ1v) is 31.2. The van der Waals surface area contributed by atoms with Gasteiger partial charge in [-0.05, 0) is 51.4 Å². The molecule has 0 aromatic carbocycles. The molecule has 0 rings (SSSR count). The molecule has 4 nitrogen and oxygen atoms in total. The van der Waals surface area contributed by atoms with Gasteiger partial charge in [0.25, 0.3) is 0 Å². The lowest BCUT2D eigenvalue weighted by atomic mass is 10.0. The van der Waals surface area contributed by atoms with E-state index < -0.39 is 12.1 Å². The van der Waals surface area contributed by atoms with Crippen molar-refractivity contribution in [3.63, 3.8) is 0 Å². The minimum Gasteiger partial charge on any atom is -0.394 e. The van der Waals surface area contributed by atoms with Crippen LogP contribution in [-0.4, -0.2) is 34.9 Å². The van der Waals surface area contributed by atoms with Crippen molar-refractivity contribution >= 4 is 5.91 Å². The third kappa shape index (κ3) is 55.5. The molecule has 0 aromatic heterocycles. The topological polar surface area (TPSA) is 69.6 Å². The van der Waals surface area contributed by atoms with Crippen molar-refractivity contribution in [2.24, 2.45) is 0 Å². The zero-order valence-corrected chi connectivity index (χ0v) is 46.4. The standard InChI is InChI=1S/C64H123NO3/c1-3-5-7-9-11-13-15-17-19-20-21-22-23-24-25-26-27-28-29-30-31-32-33-34-35-36-37-38-39-40-41-42-43-44-46-48-50-52-54-56-58-60-64(68)65-62(61-66)63(67)59-57-55-53-51-49-47-45-18-16-14-12-10-8-6-4-2/h15,17,20-21,23-24,62-63,66-67H,3-14,16,18-19,22,25-61H2,1-2H3,(H,65,68)/b17-15-,21-20-,24-23-. The first-order valence-electron chi connectivity index (χ1n) is 31.2. The number of amides is 1. The number of nitrogens with one attached hydrogen (secondary N) is 1. The van der Waals surface area contributed by atoms with E-state index in [1.54, 1.807) is 0 Å². The Balaban J connectivity index is 3.36. The quantitative estimate of drug-likeness (QED) is 0.0420. The number of carbonyl (C=O) groups is 1. The number of allylic oxidation sites excluding steroid dienone is 6. The molecule has 0 saturated carbocycles.